The van der Waals surface area contributed by atoms with Gasteiger partial charge in [-0.3, -0.25) is 4.90 Å². The third kappa shape index (κ3) is 5.09. The molecule has 1 saturated heterocycles. The van der Waals surface area contributed by atoms with Crippen LogP contribution in [0.1, 0.15) is 50.2 Å². The van der Waals surface area contributed by atoms with Gasteiger partial charge in [-0.25, -0.2) is 4.68 Å². The van der Waals surface area contributed by atoms with Gasteiger partial charge < -0.3 is 14.4 Å². The van der Waals surface area contributed by atoms with Crippen LogP contribution in [0.4, 0.5) is 5.69 Å². The molecule has 188 valence electrons. The molecule has 35 heavy (non-hydrogen) atoms. The molecule has 0 amide bonds. The molecule has 0 spiro atoms. The summed E-state index contributed by atoms with van der Waals surface area (Å²) >= 11 is 6.31. The van der Waals surface area contributed by atoms with E-state index in [1.54, 1.807) is 14.2 Å². The molecule has 0 bridgehead atoms. The second-order valence-electron chi connectivity index (χ2n) is 9.59. The fraction of sp³-hybridized carbons (Fsp3) is 0.500. The summed E-state index contributed by atoms with van der Waals surface area (Å²) in [7, 11) is 3.31. The Balaban J connectivity index is 1.70. The third-order valence-corrected chi connectivity index (χ3v) is 7.33. The number of hydrogen-bond donors (Lipinski definition) is 0. The number of aryl methyl sites for hydroxylation is 1. The van der Waals surface area contributed by atoms with Gasteiger partial charge in [0.1, 0.15) is 0 Å². The molecule has 8 nitrogen and oxygen atoms in total. The smallest absolute Gasteiger partial charge is 0.173 e. The van der Waals surface area contributed by atoms with Crippen LogP contribution in [0, 0.1) is 6.92 Å². The first-order chi connectivity index (χ1) is 16.8. The lowest BCUT2D eigenvalue weighted by Crippen LogP contribution is -2.49. The van der Waals surface area contributed by atoms with E-state index in [9.17, 15) is 0 Å². The van der Waals surface area contributed by atoms with Crippen molar-refractivity contribution < 1.29 is 9.47 Å². The fourth-order valence-electron chi connectivity index (χ4n) is 4.64. The van der Waals surface area contributed by atoms with Gasteiger partial charge in [0.2, 0.25) is 0 Å². The molecule has 0 unspecified atom stereocenters. The predicted molar refractivity (Wildman–Crippen MR) is 139 cm³/mol. The van der Waals surface area contributed by atoms with Crippen molar-refractivity contribution in [3.8, 4) is 11.5 Å². The normalized spacial score (nSPS) is 15.8. The molecular weight excluding hydrogens is 464 g/mol. The van der Waals surface area contributed by atoms with E-state index in [1.807, 2.05) is 22.9 Å². The van der Waals surface area contributed by atoms with Crippen LogP contribution >= 0.6 is 11.6 Å². The maximum Gasteiger partial charge on any atom is 0.173 e. The zero-order valence-corrected chi connectivity index (χ0v) is 22.2. The Hall–Kier alpha value is -2.84. The number of rotatable bonds is 8. The average Bonchev–Trinajstić information content (AvgIpc) is 3.36. The van der Waals surface area contributed by atoms with Crippen molar-refractivity contribution >= 4 is 17.3 Å². The van der Waals surface area contributed by atoms with Gasteiger partial charge in [-0.15, -0.1) is 5.10 Å². The Kier molecular flexibility index (Phi) is 7.52. The van der Waals surface area contributed by atoms with Crippen LogP contribution in [-0.4, -0.2) is 65.5 Å². The summed E-state index contributed by atoms with van der Waals surface area (Å²) in [5.41, 5.74) is 3.27. The second-order valence-corrected chi connectivity index (χ2v) is 10.0. The van der Waals surface area contributed by atoms with Crippen molar-refractivity contribution in [3.05, 3.63) is 58.4 Å². The number of nitrogens with zero attached hydrogens (tertiary/aromatic N) is 6. The maximum absolute atomic E-state index is 6.31. The van der Waals surface area contributed by atoms with Gasteiger partial charge in [0.15, 0.2) is 17.3 Å². The highest BCUT2D eigenvalue weighted by molar-refractivity contribution is 6.30. The molecule has 0 radical (unpaired) electrons. The van der Waals surface area contributed by atoms with Gasteiger partial charge in [-0.2, -0.15) is 0 Å². The highest BCUT2D eigenvalue weighted by atomic mass is 35.5. The lowest BCUT2D eigenvalue weighted by Gasteiger charge is -2.41. The molecule has 2 aromatic carbocycles. The van der Waals surface area contributed by atoms with E-state index in [-0.39, 0.29) is 11.6 Å². The molecule has 0 aliphatic carbocycles. The summed E-state index contributed by atoms with van der Waals surface area (Å²) in [5, 5.41) is 13.8. The minimum atomic E-state index is -0.215. The number of methoxy groups -OCH3 is 2. The number of hydrogen-bond acceptors (Lipinski definition) is 7. The first-order valence-electron chi connectivity index (χ1n) is 12.0. The maximum atomic E-state index is 6.31. The van der Waals surface area contributed by atoms with E-state index in [2.05, 4.69) is 71.2 Å². The quantitative estimate of drug-likeness (QED) is 0.445. The minimum Gasteiger partial charge on any atom is -0.493 e. The van der Waals surface area contributed by atoms with Gasteiger partial charge in [-0.05, 0) is 73.0 Å². The predicted octanol–water partition coefficient (Wildman–Crippen LogP) is 4.71. The molecule has 1 fully saturated rings. The van der Waals surface area contributed by atoms with E-state index in [0.29, 0.717) is 11.5 Å². The molecule has 1 aliphatic heterocycles. The van der Waals surface area contributed by atoms with Crippen LogP contribution in [0.2, 0.25) is 5.02 Å². The Morgan fingerprint density at radius 3 is 2.37 bits per heavy atom. The monoisotopic (exact) mass is 498 g/mol. The van der Waals surface area contributed by atoms with Crippen LogP contribution < -0.4 is 14.4 Å². The lowest BCUT2D eigenvalue weighted by molar-refractivity contribution is 0.187. The fourth-order valence-corrected chi connectivity index (χ4v) is 4.80. The third-order valence-electron chi connectivity index (χ3n) is 7.09. The van der Waals surface area contributed by atoms with Gasteiger partial charge in [0.05, 0.1) is 25.8 Å². The zero-order chi connectivity index (χ0) is 25.2. The second kappa shape index (κ2) is 10.4. The molecule has 2 heterocycles. The number of ether oxygens (including phenoxy) is 2. The molecule has 0 saturated carbocycles. The number of piperazine rings is 1. The molecular formula is C26H35ClN6O2. The van der Waals surface area contributed by atoms with Crippen LogP contribution in [0.3, 0.4) is 0 Å². The van der Waals surface area contributed by atoms with E-state index in [1.165, 1.54) is 11.3 Å². The van der Waals surface area contributed by atoms with Gasteiger partial charge >= 0.3 is 0 Å². The molecule has 3 aromatic rings. The van der Waals surface area contributed by atoms with Gasteiger partial charge in [0, 0.05) is 36.9 Å². The number of aromatic nitrogens is 4. The summed E-state index contributed by atoms with van der Waals surface area (Å²) < 4.78 is 13.1. The summed E-state index contributed by atoms with van der Waals surface area (Å²) in [6.45, 7) is 12.1. The van der Waals surface area contributed by atoms with Gasteiger partial charge in [-0.1, -0.05) is 30.7 Å². The Morgan fingerprint density at radius 2 is 1.71 bits per heavy atom. The number of tetrazole rings is 1. The van der Waals surface area contributed by atoms with Crippen LogP contribution in [0.25, 0.3) is 0 Å². The number of halogens is 1. The zero-order valence-electron chi connectivity index (χ0n) is 21.5. The molecule has 0 N–H and O–H groups in total. The standard InChI is InChI=1S/C26H35ClN6O2/c1-7-26(3,4)33-25(28-29-30-33)24(19-9-11-22(34-5)23(16-19)35-6)32-14-12-31(13-15-32)21-17-20(27)10-8-18(21)2/h8-11,16-17,24H,7,12-15H2,1-6H3/t24-/m0/s1. The summed E-state index contributed by atoms with van der Waals surface area (Å²) in [6, 6.07) is 12.0. The van der Waals surface area contributed by atoms with E-state index < -0.39 is 0 Å². The average molecular weight is 499 g/mol. The van der Waals surface area contributed by atoms with Crippen molar-refractivity contribution in [3.63, 3.8) is 0 Å². The van der Waals surface area contributed by atoms with Crippen LogP contribution in [0.15, 0.2) is 36.4 Å². The topological polar surface area (TPSA) is 68.5 Å². The highest BCUT2D eigenvalue weighted by Gasteiger charge is 2.34. The molecule has 9 heteroatoms. The van der Waals surface area contributed by atoms with Crippen molar-refractivity contribution in [1.29, 1.82) is 0 Å². The highest BCUT2D eigenvalue weighted by Crippen LogP contribution is 2.37. The first kappa shape index (κ1) is 25.3. The first-order valence-corrected chi connectivity index (χ1v) is 12.4. The summed E-state index contributed by atoms with van der Waals surface area (Å²) in [5.74, 6) is 2.22. The van der Waals surface area contributed by atoms with E-state index in [0.717, 1.165) is 49.0 Å². The van der Waals surface area contributed by atoms with Crippen molar-refractivity contribution in [1.82, 2.24) is 25.1 Å². The Bertz CT molecular complexity index is 1160. The Labute approximate surface area is 212 Å². The SMILES string of the molecule is CCC(C)(C)n1nnnc1[C@H](c1ccc(OC)c(OC)c1)N1CCN(c2cc(Cl)ccc2C)CC1. The van der Waals surface area contributed by atoms with Crippen molar-refractivity contribution in [2.45, 2.75) is 45.7 Å². The number of anilines is 1. The van der Waals surface area contributed by atoms with E-state index in [4.69, 9.17) is 21.1 Å². The van der Waals surface area contributed by atoms with Crippen LogP contribution in [0.5, 0.6) is 11.5 Å². The van der Waals surface area contributed by atoms with Crippen molar-refractivity contribution in [2.24, 2.45) is 0 Å². The Morgan fingerprint density at radius 1 is 1.00 bits per heavy atom. The minimum absolute atomic E-state index is 0.127. The summed E-state index contributed by atoms with van der Waals surface area (Å²) in [6.07, 6.45) is 0.908. The number of benzene rings is 2. The van der Waals surface area contributed by atoms with E-state index >= 15 is 0 Å². The molecule has 1 atom stereocenters. The van der Waals surface area contributed by atoms with Crippen molar-refractivity contribution in [2.75, 3.05) is 45.3 Å². The molecule has 1 aliphatic rings. The van der Waals surface area contributed by atoms with Gasteiger partial charge in [0.25, 0.3) is 0 Å². The molecule has 4 rings (SSSR count). The summed E-state index contributed by atoms with van der Waals surface area (Å²) in [4.78, 5) is 4.86. The largest absolute Gasteiger partial charge is 0.493 e. The molecule has 1 aromatic heterocycles. The van der Waals surface area contributed by atoms with Crippen LogP contribution in [-0.2, 0) is 5.54 Å². The lowest BCUT2D eigenvalue weighted by atomic mass is 9.98.